The number of rotatable bonds is 4. The summed E-state index contributed by atoms with van der Waals surface area (Å²) in [7, 11) is 0. The van der Waals surface area contributed by atoms with Crippen LogP contribution in [0.5, 0.6) is 0 Å². The van der Waals surface area contributed by atoms with E-state index in [4.69, 9.17) is 4.52 Å². The zero-order chi connectivity index (χ0) is 21.7. The van der Waals surface area contributed by atoms with Crippen molar-refractivity contribution in [1.29, 1.82) is 0 Å². The van der Waals surface area contributed by atoms with Gasteiger partial charge in [-0.25, -0.2) is 13.7 Å². The van der Waals surface area contributed by atoms with Crippen molar-refractivity contribution in [3.05, 3.63) is 65.6 Å². The third-order valence-electron chi connectivity index (χ3n) is 5.06. The summed E-state index contributed by atoms with van der Waals surface area (Å²) in [6, 6.07) is 8.24. The van der Waals surface area contributed by atoms with Gasteiger partial charge in [-0.15, -0.1) is 0 Å². The second-order valence-electron chi connectivity index (χ2n) is 7.18. The molecule has 11 heteroatoms. The van der Waals surface area contributed by atoms with Crippen LogP contribution in [0.3, 0.4) is 0 Å². The van der Waals surface area contributed by atoms with Crippen molar-refractivity contribution in [3.8, 4) is 11.4 Å². The summed E-state index contributed by atoms with van der Waals surface area (Å²) in [6.45, 7) is 1.89. The molecule has 0 bridgehead atoms. The molecule has 1 fully saturated rings. The van der Waals surface area contributed by atoms with Gasteiger partial charge < -0.3 is 4.52 Å². The number of hydrogen-bond donors (Lipinski definition) is 0. The molecule has 3 aromatic rings. The van der Waals surface area contributed by atoms with Crippen molar-refractivity contribution in [3.63, 3.8) is 0 Å². The summed E-state index contributed by atoms with van der Waals surface area (Å²) in [5.74, 6) is -3.00. The van der Waals surface area contributed by atoms with E-state index in [2.05, 4.69) is 20.5 Å². The van der Waals surface area contributed by atoms with E-state index in [1.807, 2.05) is 31.2 Å². The zero-order valence-corrected chi connectivity index (χ0v) is 16.1. The highest BCUT2D eigenvalue weighted by Crippen LogP contribution is 2.33. The number of aromatic nitrogens is 2. The quantitative estimate of drug-likeness (QED) is 0.597. The summed E-state index contributed by atoms with van der Waals surface area (Å²) >= 11 is 0. The summed E-state index contributed by atoms with van der Waals surface area (Å²) in [5.41, 5.74) is 1.73. The summed E-state index contributed by atoms with van der Waals surface area (Å²) < 4.78 is 32.1. The number of benzene rings is 2. The average Bonchev–Trinajstić information content (AvgIpc) is 3.43. The van der Waals surface area contributed by atoms with Crippen molar-refractivity contribution in [2.24, 2.45) is 10.3 Å². The van der Waals surface area contributed by atoms with Gasteiger partial charge in [0.25, 0.3) is 11.8 Å². The van der Waals surface area contributed by atoms with Crippen LogP contribution in [0.25, 0.3) is 11.4 Å². The Kier molecular flexibility index (Phi) is 4.31. The van der Waals surface area contributed by atoms with Crippen LogP contribution in [0.15, 0.2) is 57.3 Å². The van der Waals surface area contributed by atoms with Crippen LogP contribution < -0.4 is 4.90 Å². The second kappa shape index (κ2) is 7.04. The molecule has 156 valence electrons. The van der Waals surface area contributed by atoms with Gasteiger partial charge in [-0.05, 0) is 25.1 Å². The highest BCUT2D eigenvalue weighted by atomic mass is 19.2. The molecule has 2 aliphatic heterocycles. The van der Waals surface area contributed by atoms with Crippen LogP contribution in [-0.2, 0) is 16.1 Å². The molecule has 1 saturated heterocycles. The minimum atomic E-state index is -1.16. The Hall–Kier alpha value is -4.02. The molecule has 0 N–H and O–H groups in total. The highest BCUT2D eigenvalue weighted by Gasteiger charge is 2.55. The molecule has 0 spiro atoms. The Morgan fingerprint density at radius 1 is 1.06 bits per heavy atom. The standard InChI is InChI=1S/C20H14F2N6O3/c1-10-3-2-4-11(7-10)18-23-15(31-25-18)9-27-17-16(24-26-27)19(29)28(20(17)30)12-5-6-13(21)14(22)8-12/h2-8,16-17H,9H2,1H3/t16-,17-/m0/s1. The third-order valence-corrected chi connectivity index (χ3v) is 5.06. The van der Waals surface area contributed by atoms with Crippen molar-refractivity contribution in [2.75, 3.05) is 4.90 Å². The monoisotopic (exact) mass is 424 g/mol. The van der Waals surface area contributed by atoms with E-state index in [0.717, 1.165) is 34.2 Å². The van der Waals surface area contributed by atoms with E-state index >= 15 is 0 Å². The molecular weight excluding hydrogens is 410 g/mol. The van der Waals surface area contributed by atoms with Gasteiger partial charge in [0.15, 0.2) is 23.7 Å². The van der Waals surface area contributed by atoms with Crippen molar-refractivity contribution in [1.82, 2.24) is 15.1 Å². The normalized spacial score (nSPS) is 20.1. The topological polar surface area (TPSA) is 104 Å². The van der Waals surface area contributed by atoms with E-state index in [9.17, 15) is 18.4 Å². The molecular formula is C20H14F2N6O3. The first-order valence-electron chi connectivity index (χ1n) is 9.32. The number of fused-ring (bicyclic) bond motifs is 1. The predicted molar refractivity (Wildman–Crippen MR) is 101 cm³/mol. The van der Waals surface area contributed by atoms with E-state index < -0.39 is 35.5 Å². The number of anilines is 1. The number of amides is 2. The highest BCUT2D eigenvalue weighted by molar-refractivity contribution is 6.25. The first kappa shape index (κ1) is 19.0. The smallest absolute Gasteiger partial charge is 0.263 e. The fourth-order valence-electron chi connectivity index (χ4n) is 3.59. The molecule has 0 radical (unpaired) electrons. The summed E-state index contributed by atoms with van der Waals surface area (Å²) in [6.07, 6.45) is 0. The third kappa shape index (κ3) is 3.14. The Balaban J connectivity index is 1.37. The van der Waals surface area contributed by atoms with Crippen LogP contribution >= 0.6 is 0 Å². The molecule has 0 saturated carbocycles. The minimum Gasteiger partial charge on any atom is -0.337 e. The van der Waals surface area contributed by atoms with Crippen molar-refractivity contribution >= 4 is 17.5 Å². The average molecular weight is 424 g/mol. The van der Waals surface area contributed by atoms with Crippen LogP contribution in [0.1, 0.15) is 11.5 Å². The summed E-state index contributed by atoms with van der Waals surface area (Å²) in [4.78, 5) is 30.7. The molecule has 0 unspecified atom stereocenters. The Morgan fingerprint density at radius 3 is 2.68 bits per heavy atom. The van der Waals surface area contributed by atoms with Gasteiger partial charge in [0.1, 0.15) is 6.54 Å². The maximum Gasteiger partial charge on any atom is 0.263 e. The molecule has 5 rings (SSSR count). The number of nitrogens with zero attached hydrogens (tertiary/aromatic N) is 6. The van der Waals surface area contributed by atoms with Crippen LogP contribution in [0, 0.1) is 18.6 Å². The van der Waals surface area contributed by atoms with Crippen molar-refractivity contribution < 1.29 is 22.9 Å². The van der Waals surface area contributed by atoms with Crippen LogP contribution in [0.4, 0.5) is 14.5 Å². The Morgan fingerprint density at radius 2 is 1.90 bits per heavy atom. The predicted octanol–water partition coefficient (Wildman–Crippen LogP) is 2.82. The summed E-state index contributed by atoms with van der Waals surface area (Å²) in [5, 5.41) is 13.0. The number of aryl methyl sites for hydroxylation is 1. The lowest BCUT2D eigenvalue weighted by Gasteiger charge is -2.19. The zero-order valence-electron chi connectivity index (χ0n) is 16.1. The van der Waals surface area contributed by atoms with E-state index in [-0.39, 0.29) is 18.1 Å². The van der Waals surface area contributed by atoms with Gasteiger partial charge >= 0.3 is 0 Å². The molecule has 9 nitrogen and oxygen atoms in total. The number of halogens is 2. The van der Waals surface area contributed by atoms with Gasteiger partial charge in [0, 0.05) is 11.6 Å². The molecule has 3 heterocycles. The fourth-order valence-corrected chi connectivity index (χ4v) is 3.59. The molecule has 2 atom stereocenters. The molecule has 2 amide bonds. The van der Waals surface area contributed by atoms with Gasteiger partial charge in [0.2, 0.25) is 11.7 Å². The molecule has 1 aromatic heterocycles. The van der Waals surface area contributed by atoms with E-state index in [0.29, 0.717) is 5.82 Å². The van der Waals surface area contributed by atoms with Crippen LogP contribution in [-0.4, -0.2) is 39.0 Å². The lowest BCUT2D eigenvalue weighted by Crippen LogP contribution is -2.39. The number of carbonyl (C=O) groups excluding carboxylic acids is 2. The number of hydrogen-bond acceptors (Lipinski definition) is 8. The first-order valence-corrected chi connectivity index (χ1v) is 9.32. The molecule has 31 heavy (non-hydrogen) atoms. The van der Waals surface area contributed by atoms with Gasteiger partial charge in [-0.1, -0.05) is 34.1 Å². The molecule has 2 aliphatic rings. The van der Waals surface area contributed by atoms with E-state index in [1.54, 1.807) is 0 Å². The number of imide groups is 1. The Bertz CT molecular complexity index is 1240. The lowest BCUT2D eigenvalue weighted by molar-refractivity contribution is -0.123. The molecule has 2 aromatic carbocycles. The van der Waals surface area contributed by atoms with Crippen molar-refractivity contribution in [2.45, 2.75) is 25.6 Å². The van der Waals surface area contributed by atoms with Gasteiger partial charge in [0.05, 0.1) is 5.69 Å². The Labute approximate surface area is 173 Å². The molecule has 0 aliphatic carbocycles. The first-order chi connectivity index (χ1) is 14.9. The van der Waals surface area contributed by atoms with Gasteiger partial charge in [-0.3, -0.25) is 14.6 Å². The fraction of sp³-hybridized carbons (Fsp3) is 0.200. The maximum atomic E-state index is 13.6. The minimum absolute atomic E-state index is 0.0475. The van der Waals surface area contributed by atoms with E-state index in [1.165, 1.54) is 5.01 Å². The lowest BCUT2D eigenvalue weighted by atomic mass is 10.1. The maximum absolute atomic E-state index is 13.6. The largest absolute Gasteiger partial charge is 0.337 e. The van der Waals surface area contributed by atoms with Gasteiger partial charge in [-0.2, -0.15) is 10.1 Å². The van der Waals surface area contributed by atoms with Crippen LogP contribution in [0.2, 0.25) is 0 Å². The number of carbonyl (C=O) groups is 2. The second-order valence-corrected chi connectivity index (χ2v) is 7.18. The SMILES string of the molecule is Cc1cccc(-c2noc(CN3N=N[C@@H]4C(=O)N(c5ccc(F)c(F)c5)C(=O)[C@H]43)n2)c1.